The fourth-order valence-corrected chi connectivity index (χ4v) is 3.99. The molecule has 0 amide bonds. The molecule has 1 aliphatic heterocycles. The summed E-state index contributed by atoms with van der Waals surface area (Å²) in [6.07, 6.45) is 4.92. The van der Waals surface area contributed by atoms with Crippen LogP contribution in [0.3, 0.4) is 0 Å². The summed E-state index contributed by atoms with van der Waals surface area (Å²) >= 11 is 0. The lowest BCUT2D eigenvalue weighted by Gasteiger charge is -2.09. The largest absolute Gasteiger partial charge is 0.395 e. The van der Waals surface area contributed by atoms with Gasteiger partial charge < -0.3 is 9.67 Å². The number of imidazole rings is 1. The smallest absolute Gasteiger partial charge is 0.150 e. The van der Waals surface area contributed by atoms with Gasteiger partial charge >= 0.3 is 0 Å². The molecule has 5 nitrogen and oxygen atoms in total. The Balaban J connectivity index is 2.02. The molecule has 0 radical (unpaired) electrons. The van der Waals surface area contributed by atoms with E-state index in [4.69, 9.17) is 5.11 Å². The van der Waals surface area contributed by atoms with E-state index >= 15 is 0 Å². The number of rotatable bonds is 4. The van der Waals surface area contributed by atoms with Gasteiger partial charge in [-0.2, -0.15) is 0 Å². The van der Waals surface area contributed by atoms with E-state index in [9.17, 15) is 8.42 Å². The highest BCUT2D eigenvalue weighted by Gasteiger charge is 2.28. The summed E-state index contributed by atoms with van der Waals surface area (Å²) in [5.74, 6) is 1.64. The molecule has 2 heterocycles. The maximum Gasteiger partial charge on any atom is 0.150 e. The van der Waals surface area contributed by atoms with Crippen LogP contribution in [0.15, 0.2) is 12.4 Å². The molecule has 90 valence electrons. The minimum Gasteiger partial charge on any atom is -0.395 e. The van der Waals surface area contributed by atoms with E-state index in [-0.39, 0.29) is 18.3 Å². The molecule has 2 rings (SSSR count). The van der Waals surface area contributed by atoms with Gasteiger partial charge in [0.05, 0.1) is 18.1 Å². The molecule has 1 atom stereocenters. The van der Waals surface area contributed by atoms with Crippen molar-refractivity contribution in [2.75, 3.05) is 18.1 Å². The molecule has 0 saturated carbocycles. The van der Waals surface area contributed by atoms with Gasteiger partial charge in [0.25, 0.3) is 0 Å². The third-order valence-electron chi connectivity index (χ3n) is 2.94. The minimum atomic E-state index is -2.81. The van der Waals surface area contributed by atoms with Gasteiger partial charge in [0.2, 0.25) is 0 Å². The van der Waals surface area contributed by atoms with Crippen LogP contribution in [0.2, 0.25) is 0 Å². The van der Waals surface area contributed by atoms with Crippen LogP contribution in [0, 0.1) is 5.92 Å². The molecule has 1 saturated heterocycles. The summed E-state index contributed by atoms with van der Waals surface area (Å²) in [6, 6.07) is 0. The molecule has 6 heteroatoms. The average molecular weight is 244 g/mol. The van der Waals surface area contributed by atoms with Crippen molar-refractivity contribution in [3.63, 3.8) is 0 Å². The van der Waals surface area contributed by atoms with E-state index in [1.54, 1.807) is 6.20 Å². The first-order valence-corrected chi connectivity index (χ1v) is 7.24. The molecule has 16 heavy (non-hydrogen) atoms. The van der Waals surface area contributed by atoms with Crippen molar-refractivity contribution in [2.24, 2.45) is 5.92 Å². The van der Waals surface area contributed by atoms with Crippen LogP contribution in [-0.4, -0.2) is 41.2 Å². The zero-order chi connectivity index (χ0) is 11.6. The van der Waals surface area contributed by atoms with Crippen LogP contribution in [0.25, 0.3) is 0 Å². The van der Waals surface area contributed by atoms with Gasteiger partial charge in [0.15, 0.2) is 9.84 Å². The van der Waals surface area contributed by atoms with Crippen molar-refractivity contribution >= 4 is 9.84 Å². The molecular formula is C10H16N2O3S. The van der Waals surface area contributed by atoms with Gasteiger partial charge in [-0.3, -0.25) is 0 Å². The zero-order valence-electron chi connectivity index (χ0n) is 9.04. The van der Waals surface area contributed by atoms with Gasteiger partial charge in [0, 0.05) is 25.4 Å². The van der Waals surface area contributed by atoms with E-state index in [1.807, 2.05) is 10.8 Å². The molecule has 1 aliphatic rings. The Kier molecular flexibility index (Phi) is 3.30. The summed E-state index contributed by atoms with van der Waals surface area (Å²) in [5, 5.41) is 8.86. The van der Waals surface area contributed by atoms with Crippen molar-refractivity contribution < 1.29 is 13.5 Å². The number of nitrogens with zero attached hydrogens (tertiary/aromatic N) is 2. The monoisotopic (exact) mass is 244 g/mol. The lowest BCUT2D eigenvalue weighted by Crippen LogP contribution is -2.13. The second kappa shape index (κ2) is 4.55. The van der Waals surface area contributed by atoms with E-state index in [0.29, 0.717) is 18.7 Å². The first-order chi connectivity index (χ1) is 7.61. The van der Waals surface area contributed by atoms with Crippen molar-refractivity contribution in [3.8, 4) is 0 Å². The highest BCUT2D eigenvalue weighted by Crippen LogP contribution is 2.21. The molecular weight excluding hydrogens is 228 g/mol. The Morgan fingerprint density at radius 3 is 3.00 bits per heavy atom. The Hall–Kier alpha value is -0.880. The number of sulfone groups is 1. The summed E-state index contributed by atoms with van der Waals surface area (Å²) in [5.41, 5.74) is 0. The van der Waals surface area contributed by atoms with Crippen LogP contribution in [0.5, 0.6) is 0 Å². The molecule has 0 aromatic carbocycles. The molecule has 0 aliphatic carbocycles. The summed E-state index contributed by atoms with van der Waals surface area (Å²) < 4.78 is 24.5. The van der Waals surface area contributed by atoms with Crippen LogP contribution >= 0.6 is 0 Å². The Morgan fingerprint density at radius 2 is 2.38 bits per heavy atom. The topological polar surface area (TPSA) is 72.2 Å². The second-order valence-electron chi connectivity index (χ2n) is 4.23. The third kappa shape index (κ3) is 2.62. The maximum absolute atomic E-state index is 11.3. The number of aliphatic hydroxyl groups is 1. The summed E-state index contributed by atoms with van der Waals surface area (Å²) in [6.45, 7) is 0.598. The normalized spacial score (nSPS) is 23.7. The van der Waals surface area contributed by atoms with Crippen molar-refractivity contribution in [2.45, 2.75) is 19.4 Å². The molecule has 1 fully saturated rings. The molecule has 1 unspecified atom stereocenters. The van der Waals surface area contributed by atoms with Gasteiger partial charge in [-0.05, 0) is 12.3 Å². The Morgan fingerprint density at radius 1 is 1.56 bits per heavy atom. The number of hydrogen-bond acceptors (Lipinski definition) is 4. The maximum atomic E-state index is 11.3. The predicted octanol–water partition coefficient (Wildman–Crippen LogP) is -0.147. The SMILES string of the molecule is O=S1(=O)CCC(Cc2nccn2CCO)C1. The summed E-state index contributed by atoms with van der Waals surface area (Å²) in [7, 11) is -2.81. The highest BCUT2D eigenvalue weighted by atomic mass is 32.2. The lowest BCUT2D eigenvalue weighted by molar-refractivity contribution is 0.273. The van der Waals surface area contributed by atoms with Gasteiger partial charge in [-0.25, -0.2) is 13.4 Å². The molecule has 0 spiro atoms. The van der Waals surface area contributed by atoms with E-state index in [1.165, 1.54) is 0 Å². The molecule has 0 bridgehead atoms. The standard InChI is InChI=1S/C10H16N2O3S/c13-5-4-12-3-2-11-10(12)7-9-1-6-16(14,15)8-9/h2-3,9,13H,1,4-8H2. The first-order valence-electron chi connectivity index (χ1n) is 5.42. The van der Waals surface area contributed by atoms with Crippen LogP contribution in [0.1, 0.15) is 12.2 Å². The van der Waals surface area contributed by atoms with Crippen LogP contribution < -0.4 is 0 Å². The fourth-order valence-electron chi connectivity index (χ4n) is 2.13. The Bertz CT molecular complexity index is 452. The van der Waals surface area contributed by atoms with Crippen molar-refractivity contribution in [3.05, 3.63) is 18.2 Å². The number of hydrogen-bond donors (Lipinski definition) is 1. The zero-order valence-corrected chi connectivity index (χ0v) is 9.86. The molecule has 1 aromatic rings. The Labute approximate surface area is 95.0 Å². The van der Waals surface area contributed by atoms with Gasteiger partial charge in [-0.15, -0.1) is 0 Å². The van der Waals surface area contributed by atoms with Crippen LogP contribution in [-0.2, 0) is 22.8 Å². The lowest BCUT2D eigenvalue weighted by atomic mass is 10.1. The van der Waals surface area contributed by atoms with Crippen molar-refractivity contribution in [1.82, 2.24) is 9.55 Å². The number of aliphatic hydroxyl groups excluding tert-OH is 1. The van der Waals surface area contributed by atoms with E-state index < -0.39 is 9.84 Å². The molecule has 1 N–H and O–H groups in total. The molecule has 1 aromatic heterocycles. The van der Waals surface area contributed by atoms with Crippen LogP contribution in [0.4, 0.5) is 0 Å². The summed E-state index contributed by atoms with van der Waals surface area (Å²) in [4.78, 5) is 4.20. The fraction of sp³-hybridized carbons (Fsp3) is 0.700. The minimum absolute atomic E-state index is 0.0757. The van der Waals surface area contributed by atoms with Crippen molar-refractivity contribution in [1.29, 1.82) is 0 Å². The first kappa shape index (κ1) is 11.6. The van der Waals surface area contributed by atoms with E-state index in [0.717, 1.165) is 12.2 Å². The second-order valence-corrected chi connectivity index (χ2v) is 6.46. The predicted molar refractivity (Wildman–Crippen MR) is 59.8 cm³/mol. The highest BCUT2D eigenvalue weighted by molar-refractivity contribution is 7.91. The average Bonchev–Trinajstić information content (AvgIpc) is 2.76. The quantitative estimate of drug-likeness (QED) is 0.799. The van der Waals surface area contributed by atoms with Gasteiger partial charge in [-0.1, -0.05) is 0 Å². The number of aromatic nitrogens is 2. The van der Waals surface area contributed by atoms with E-state index in [2.05, 4.69) is 4.98 Å². The third-order valence-corrected chi connectivity index (χ3v) is 4.78. The van der Waals surface area contributed by atoms with Gasteiger partial charge in [0.1, 0.15) is 5.82 Å².